The largest absolute Gasteiger partial charge is 0.350 e. The minimum atomic E-state index is -3.40. The topological polar surface area (TPSA) is 66.5 Å². The molecule has 1 aliphatic rings. The molecule has 0 bridgehead atoms. The highest BCUT2D eigenvalue weighted by Crippen LogP contribution is 2.33. The molecule has 1 unspecified atom stereocenters. The molecule has 0 aromatic heterocycles. The van der Waals surface area contributed by atoms with Crippen LogP contribution in [0.5, 0.6) is 0 Å². The van der Waals surface area contributed by atoms with Crippen molar-refractivity contribution in [2.45, 2.75) is 12.5 Å². The number of nitrogens with one attached hydrogen (secondary N) is 1. The Hall–Kier alpha value is -2.34. The molecule has 23 heavy (non-hydrogen) atoms. The second kappa shape index (κ2) is 6.04. The van der Waals surface area contributed by atoms with E-state index in [1.54, 1.807) is 30.3 Å². The van der Waals surface area contributed by atoms with E-state index in [0.717, 1.165) is 5.56 Å². The van der Waals surface area contributed by atoms with Crippen molar-refractivity contribution < 1.29 is 13.2 Å². The number of carbonyl (C=O) groups excluding carboxylic acids is 1. The number of carbonyl (C=O) groups is 1. The van der Waals surface area contributed by atoms with E-state index >= 15 is 0 Å². The Kier molecular flexibility index (Phi) is 4.09. The monoisotopic (exact) mass is 330 g/mol. The summed E-state index contributed by atoms with van der Waals surface area (Å²) in [6.07, 6.45) is 1.79. The van der Waals surface area contributed by atoms with Gasteiger partial charge < -0.3 is 5.32 Å². The van der Waals surface area contributed by atoms with Crippen LogP contribution in [0, 0.1) is 0 Å². The minimum absolute atomic E-state index is 0.199. The molecular formula is C17H18N2O3S. The van der Waals surface area contributed by atoms with Gasteiger partial charge in [0.05, 0.1) is 18.0 Å². The maximum atomic E-state index is 12.2. The summed E-state index contributed by atoms with van der Waals surface area (Å²) in [7, 11) is -3.40. The zero-order chi connectivity index (χ0) is 16.4. The number of sulfonamides is 1. The van der Waals surface area contributed by atoms with Crippen LogP contribution in [-0.4, -0.2) is 33.2 Å². The zero-order valence-electron chi connectivity index (χ0n) is 12.8. The van der Waals surface area contributed by atoms with Gasteiger partial charge in [-0.1, -0.05) is 36.4 Å². The number of benzene rings is 2. The molecule has 0 aliphatic carbocycles. The Balaban J connectivity index is 1.77. The molecule has 0 saturated heterocycles. The lowest BCUT2D eigenvalue weighted by Crippen LogP contribution is -2.44. The van der Waals surface area contributed by atoms with E-state index in [1.165, 1.54) is 10.6 Å². The van der Waals surface area contributed by atoms with Gasteiger partial charge in [-0.3, -0.25) is 9.10 Å². The summed E-state index contributed by atoms with van der Waals surface area (Å²) in [6, 6.07) is 16.0. The van der Waals surface area contributed by atoms with Crippen molar-refractivity contribution in [1.82, 2.24) is 5.32 Å². The summed E-state index contributed by atoms with van der Waals surface area (Å²) < 4.78 is 25.7. The predicted molar refractivity (Wildman–Crippen MR) is 90.0 cm³/mol. The molecule has 5 nitrogen and oxygen atoms in total. The van der Waals surface area contributed by atoms with E-state index in [1.807, 2.05) is 24.3 Å². The number of hydrogen-bond acceptors (Lipinski definition) is 3. The second-order valence-corrected chi connectivity index (χ2v) is 7.48. The Labute approximate surface area is 136 Å². The molecule has 1 amide bonds. The Morgan fingerprint density at radius 1 is 1.13 bits per heavy atom. The van der Waals surface area contributed by atoms with E-state index in [-0.39, 0.29) is 18.5 Å². The number of rotatable bonds is 4. The molecule has 0 radical (unpaired) electrons. The first-order valence-corrected chi connectivity index (χ1v) is 9.22. The molecule has 1 atom stereocenters. The number of nitrogens with zero attached hydrogens (tertiary/aromatic N) is 1. The average molecular weight is 330 g/mol. The summed E-state index contributed by atoms with van der Waals surface area (Å²) in [4.78, 5) is 12.2. The lowest BCUT2D eigenvalue weighted by atomic mass is 10.1. The lowest BCUT2D eigenvalue weighted by molar-refractivity contribution is 0.0951. The van der Waals surface area contributed by atoms with Crippen molar-refractivity contribution in [1.29, 1.82) is 0 Å². The fourth-order valence-electron chi connectivity index (χ4n) is 2.94. The SMILES string of the molecule is CS(=O)(=O)N1c2ccccc2CC1CNC(=O)c1ccccc1. The van der Waals surface area contributed by atoms with Crippen molar-refractivity contribution in [2.75, 3.05) is 17.1 Å². The van der Waals surface area contributed by atoms with Crippen LogP contribution in [0.4, 0.5) is 5.69 Å². The van der Waals surface area contributed by atoms with Gasteiger partial charge in [0.15, 0.2) is 0 Å². The summed E-state index contributed by atoms with van der Waals surface area (Å²) in [5.41, 5.74) is 2.25. The van der Waals surface area contributed by atoms with Crippen LogP contribution in [0.15, 0.2) is 54.6 Å². The van der Waals surface area contributed by atoms with E-state index in [0.29, 0.717) is 17.7 Å². The van der Waals surface area contributed by atoms with Gasteiger partial charge in [-0.15, -0.1) is 0 Å². The molecule has 1 N–H and O–H groups in total. The number of hydrogen-bond donors (Lipinski definition) is 1. The van der Waals surface area contributed by atoms with Gasteiger partial charge in [0.2, 0.25) is 10.0 Å². The quantitative estimate of drug-likeness (QED) is 0.930. The van der Waals surface area contributed by atoms with Crippen molar-refractivity contribution >= 4 is 21.6 Å². The fraction of sp³-hybridized carbons (Fsp3) is 0.235. The predicted octanol–water partition coefficient (Wildman–Crippen LogP) is 1.81. The molecule has 120 valence electrons. The van der Waals surface area contributed by atoms with Gasteiger partial charge >= 0.3 is 0 Å². The van der Waals surface area contributed by atoms with Gasteiger partial charge in [0, 0.05) is 12.1 Å². The summed E-state index contributed by atoms with van der Waals surface area (Å²) in [5, 5.41) is 2.83. The lowest BCUT2D eigenvalue weighted by Gasteiger charge is -2.25. The van der Waals surface area contributed by atoms with Crippen LogP contribution in [0.3, 0.4) is 0 Å². The van der Waals surface area contributed by atoms with Crippen molar-refractivity contribution in [3.8, 4) is 0 Å². The van der Waals surface area contributed by atoms with Crippen molar-refractivity contribution in [3.63, 3.8) is 0 Å². The third-order valence-electron chi connectivity index (χ3n) is 3.91. The second-order valence-electron chi connectivity index (χ2n) is 5.62. The fourth-order valence-corrected chi connectivity index (χ4v) is 4.16. The van der Waals surface area contributed by atoms with Gasteiger partial charge in [-0.05, 0) is 30.2 Å². The highest BCUT2D eigenvalue weighted by Gasteiger charge is 2.35. The van der Waals surface area contributed by atoms with Crippen LogP contribution in [0.2, 0.25) is 0 Å². The standard InChI is InChI=1S/C17H18N2O3S/c1-23(21,22)19-15(11-14-9-5-6-10-16(14)19)12-18-17(20)13-7-3-2-4-8-13/h2-10,15H,11-12H2,1H3,(H,18,20). The highest BCUT2D eigenvalue weighted by atomic mass is 32.2. The number of fused-ring (bicyclic) bond motifs is 1. The van der Waals surface area contributed by atoms with Crippen molar-refractivity contribution in [2.24, 2.45) is 0 Å². The molecule has 6 heteroatoms. The van der Waals surface area contributed by atoms with Crippen LogP contribution < -0.4 is 9.62 Å². The molecule has 1 heterocycles. The Morgan fingerprint density at radius 2 is 1.78 bits per heavy atom. The van der Waals surface area contributed by atoms with E-state index in [4.69, 9.17) is 0 Å². The zero-order valence-corrected chi connectivity index (χ0v) is 13.6. The number of para-hydroxylation sites is 1. The van der Waals surface area contributed by atoms with Crippen LogP contribution >= 0.6 is 0 Å². The van der Waals surface area contributed by atoms with Gasteiger partial charge in [0.1, 0.15) is 0 Å². The first kappa shape index (κ1) is 15.6. The highest BCUT2D eigenvalue weighted by molar-refractivity contribution is 7.92. The molecule has 1 aliphatic heterocycles. The maximum Gasteiger partial charge on any atom is 0.251 e. The van der Waals surface area contributed by atoms with Gasteiger partial charge in [-0.2, -0.15) is 0 Å². The normalized spacial score (nSPS) is 16.9. The molecule has 0 spiro atoms. The number of amides is 1. The van der Waals surface area contributed by atoms with E-state index < -0.39 is 10.0 Å². The molecule has 3 rings (SSSR count). The Bertz CT molecular complexity index is 819. The number of anilines is 1. The van der Waals surface area contributed by atoms with Crippen LogP contribution in [0.1, 0.15) is 15.9 Å². The average Bonchev–Trinajstić information content (AvgIpc) is 2.92. The molecule has 0 fully saturated rings. The van der Waals surface area contributed by atoms with Crippen LogP contribution in [0.25, 0.3) is 0 Å². The van der Waals surface area contributed by atoms with Gasteiger partial charge in [0.25, 0.3) is 5.91 Å². The molecule has 2 aromatic rings. The third-order valence-corrected chi connectivity index (χ3v) is 5.12. The van der Waals surface area contributed by atoms with E-state index in [2.05, 4.69) is 5.32 Å². The first-order valence-electron chi connectivity index (χ1n) is 7.37. The minimum Gasteiger partial charge on any atom is -0.350 e. The summed E-state index contributed by atoms with van der Waals surface area (Å²) in [5.74, 6) is -0.199. The van der Waals surface area contributed by atoms with Crippen molar-refractivity contribution in [3.05, 3.63) is 65.7 Å². The van der Waals surface area contributed by atoms with Gasteiger partial charge in [-0.25, -0.2) is 8.42 Å². The third kappa shape index (κ3) is 3.22. The first-order chi connectivity index (χ1) is 11.0. The molecular weight excluding hydrogens is 312 g/mol. The van der Waals surface area contributed by atoms with Crippen LogP contribution in [-0.2, 0) is 16.4 Å². The van der Waals surface area contributed by atoms with E-state index in [9.17, 15) is 13.2 Å². The Morgan fingerprint density at radius 3 is 2.48 bits per heavy atom. The molecule has 0 saturated carbocycles. The smallest absolute Gasteiger partial charge is 0.251 e. The maximum absolute atomic E-state index is 12.2. The summed E-state index contributed by atoms with van der Waals surface area (Å²) >= 11 is 0. The molecule has 2 aromatic carbocycles. The summed E-state index contributed by atoms with van der Waals surface area (Å²) in [6.45, 7) is 0.273.